The highest BCUT2D eigenvalue weighted by Gasteiger charge is 2.29. The van der Waals surface area contributed by atoms with Gasteiger partial charge < -0.3 is 9.84 Å². The van der Waals surface area contributed by atoms with Gasteiger partial charge in [0, 0.05) is 6.54 Å². The van der Waals surface area contributed by atoms with Gasteiger partial charge in [-0.2, -0.15) is 0 Å². The number of aliphatic hydroxyl groups is 1. The molecule has 0 aromatic heterocycles. The fraction of sp³-hybridized carbons (Fsp3) is 0.909. The van der Waals surface area contributed by atoms with E-state index in [9.17, 15) is 9.90 Å². The van der Waals surface area contributed by atoms with Crippen LogP contribution < -0.4 is 0 Å². The van der Waals surface area contributed by atoms with Gasteiger partial charge >= 0.3 is 5.97 Å². The molecule has 1 heterocycles. The van der Waals surface area contributed by atoms with Crippen LogP contribution in [0.25, 0.3) is 0 Å². The SMILES string of the molecule is COC(=O)C(C)N1CCCC(C)(O)CC1. The second kappa shape index (κ2) is 4.94. The molecule has 2 atom stereocenters. The summed E-state index contributed by atoms with van der Waals surface area (Å²) in [4.78, 5) is 13.4. The second-order valence-corrected chi connectivity index (χ2v) is 4.59. The maximum atomic E-state index is 11.4. The number of carbonyl (C=O) groups is 1. The molecular weight excluding hydrogens is 194 g/mol. The summed E-state index contributed by atoms with van der Waals surface area (Å²) in [6.07, 6.45) is 2.44. The lowest BCUT2D eigenvalue weighted by atomic mass is 9.98. The number of esters is 1. The van der Waals surface area contributed by atoms with E-state index >= 15 is 0 Å². The van der Waals surface area contributed by atoms with Crippen LogP contribution in [-0.4, -0.2) is 47.8 Å². The Bertz CT molecular complexity index is 228. The van der Waals surface area contributed by atoms with Crippen molar-refractivity contribution in [2.24, 2.45) is 0 Å². The number of hydrogen-bond acceptors (Lipinski definition) is 4. The van der Waals surface area contributed by atoms with Gasteiger partial charge in [-0.3, -0.25) is 9.69 Å². The van der Waals surface area contributed by atoms with Crippen molar-refractivity contribution >= 4 is 5.97 Å². The standard InChI is InChI=1S/C11H21NO3/c1-9(10(13)15-3)12-7-4-5-11(2,14)6-8-12/h9,14H,4-8H2,1-3H3. The Hall–Kier alpha value is -0.610. The van der Waals surface area contributed by atoms with Crippen LogP contribution in [0, 0.1) is 0 Å². The molecule has 0 spiro atoms. The van der Waals surface area contributed by atoms with Crippen LogP contribution >= 0.6 is 0 Å². The molecule has 15 heavy (non-hydrogen) atoms. The van der Waals surface area contributed by atoms with Gasteiger partial charge in [-0.15, -0.1) is 0 Å². The zero-order valence-electron chi connectivity index (χ0n) is 9.82. The summed E-state index contributed by atoms with van der Waals surface area (Å²) in [5.41, 5.74) is -0.579. The van der Waals surface area contributed by atoms with Crippen molar-refractivity contribution in [1.29, 1.82) is 0 Å². The molecule has 88 valence electrons. The highest BCUT2D eigenvalue weighted by molar-refractivity contribution is 5.75. The molecule has 1 N–H and O–H groups in total. The molecule has 1 rings (SSSR count). The van der Waals surface area contributed by atoms with E-state index in [1.807, 2.05) is 13.8 Å². The van der Waals surface area contributed by atoms with Crippen LogP contribution in [0.2, 0.25) is 0 Å². The highest BCUT2D eigenvalue weighted by Crippen LogP contribution is 2.22. The molecule has 1 aliphatic rings. The average Bonchev–Trinajstić information content (AvgIpc) is 2.37. The van der Waals surface area contributed by atoms with Crippen molar-refractivity contribution in [3.8, 4) is 0 Å². The average molecular weight is 215 g/mol. The molecule has 4 heteroatoms. The fourth-order valence-corrected chi connectivity index (χ4v) is 1.99. The molecule has 0 aromatic carbocycles. The van der Waals surface area contributed by atoms with E-state index in [0.717, 1.165) is 25.9 Å². The van der Waals surface area contributed by atoms with Gasteiger partial charge in [0.1, 0.15) is 6.04 Å². The van der Waals surface area contributed by atoms with Crippen LogP contribution in [0.5, 0.6) is 0 Å². The molecule has 1 fully saturated rings. The maximum Gasteiger partial charge on any atom is 0.322 e. The second-order valence-electron chi connectivity index (χ2n) is 4.59. The number of ether oxygens (including phenoxy) is 1. The van der Waals surface area contributed by atoms with Gasteiger partial charge in [0.15, 0.2) is 0 Å². The topological polar surface area (TPSA) is 49.8 Å². The molecule has 4 nitrogen and oxygen atoms in total. The third kappa shape index (κ3) is 3.47. The van der Waals surface area contributed by atoms with E-state index in [2.05, 4.69) is 4.90 Å². The Balaban J connectivity index is 2.54. The number of rotatable bonds is 2. The first-order valence-electron chi connectivity index (χ1n) is 5.50. The maximum absolute atomic E-state index is 11.4. The van der Waals surface area contributed by atoms with Crippen molar-refractivity contribution in [3.05, 3.63) is 0 Å². The summed E-state index contributed by atoms with van der Waals surface area (Å²) in [5, 5.41) is 9.91. The monoisotopic (exact) mass is 215 g/mol. The molecule has 0 bridgehead atoms. The smallest absolute Gasteiger partial charge is 0.322 e. The normalized spacial score (nSPS) is 30.7. The Kier molecular flexibility index (Phi) is 4.11. The lowest BCUT2D eigenvalue weighted by molar-refractivity contribution is -0.146. The third-order valence-corrected chi connectivity index (χ3v) is 3.19. The lowest BCUT2D eigenvalue weighted by Gasteiger charge is -2.26. The predicted octanol–water partition coefficient (Wildman–Crippen LogP) is 0.785. The van der Waals surface area contributed by atoms with Crippen LogP contribution in [0.4, 0.5) is 0 Å². The van der Waals surface area contributed by atoms with Gasteiger partial charge in [0.25, 0.3) is 0 Å². The summed E-state index contributed by atoms with van der Waals surface area (Å²) in [6.45, 7) is 5.32. The number of carbonyl (C=O) groups excluding carboxylic acids is 1. The van der Waals surface area contributed by atoms with Gasteiger partial charge in [-0.05, 0) is 39.7 Å². The number of nitrogens with zero attached hydrogens (tertiary/aromatic N) is 1. The van der Waals surface area contributed by atoms with E-state index in [-0.39, 0.29) is 12.0 Å². The van der Waals surface area contributed by atoms with Crippen LogP contribution in [-0.2, 0) is 9.53 Å². The molecule has 0 amide bonds. The summed E-state index contributed by atoms with van der Waals surface area (Å²) in [7, 11) is 1.41. The Labute approximate surface area is 91.2 Å². The molecule has 0 aromatic rings. The first-order valence-corrected chi connectivity index (χ1v) is 5.50. The van der Waals surface area contributed by atoms with Crippen molar-refractivity contribution in [2.45, 2.75) is 44.8 Å². The number of likely N-dealkylation sites (tertiary alicyclic amines) is 1. The van der Waals surface area contributed by atoms with E-state index in [4.69, 9.17) is 4.74 Å². The molecule has 1 saturated heterocycles. The molecular formula is C11H21NO3. The summed E-state index contributed by atoms with van der Waals surface area (Å²) >= 11 is 0. The van der Waals surface area contributed by atoms with E-state index in [1.165, 1.54) is 7.11 Å². The van der Waals surface area contributed by atoms with Crippen molar-refractivity contribution in [3.63, 3.8) is 0 Å². The zero-order chi connectivity index (χ0) is 11.5. The van der Waals surface area contributed by atoms with Gasteiger partial charge in [-0.1, -0.05) is 0 Å². The van der Waals surface area contributed by atoms with Gasteiger partial charge in [0.05, 0.1) is 12.7 Å². The van der Waals surface area contributed by atoms with Crippen molar-refractivity contribution in [2.75, 3.05) is 20.2 Å². The third-order valence-electron chi connectivity index (χ3n) is 3.19. The van der Waals surface area contributed by atoms with E-state index < -0.39 is 5.60 Å². The van der Waals surface area contributed by atoms with Gasteiger partial charge in [-0.25, -0.2) is 0 Å². The Morgan fingerprint density at radius 3 is 2.73 bits per heavy atom. The van der Waals surface area contributed by atoms with Crippen LogP contribution in [0.3, 0.4) is 0 Å². The predicted molar refractivity (Wildman–Crippen MR) is 57.5 cm³/mol. The Morgan fingerprint density at radius 2 is 2.13 bits per heavy atom. The summed E-state index contributed by atoms with van der Waals surface area (Å²) < 4.78 is 4.71. The Morgan fingerprint density at radius 1 is 1.47 bits per heavy atom. The fourth-order valence-electron chi connectivity index (χ4n) is 1.99. The molecule has 2 unspecified atom stereocenters. The minimum atomic E-state index is -0.579. The highest BCUT2D eigenvalue weighted by atomic mass is 16.5. The summed E-state index contributed by atoms with van der Waals surface area (Å²) in [6, 6.07) is -0.205. The molecule has 0 radical (unpaired) electrons. The number of hydrogen-bond donors (Lipinski definition) is 1. The first kappa shape index (κ1) is 12.5. The lowest BCUT2D eigenvalue weighted by Crippen LogP contribution is -2.40. The van der Waals surface area contributed by atoms with E-state index in [1.54, 1.807) is 0 Å². The minimum Gasteiger partial charge on any atom is -0.468 e. The quantitative estimate of drug-likeness (QED) is 0.692. The van der Waals surface area contributed by atoms with Crippen LogP contribution in [0.15, 0.2) is 0 Å². The molecule has 0 saturated carbocycles. The first-order chi connectivity index (χ1) is 6.96. The molecule has 0 aliphatic carbocycles. The van der Waals surface area contributed by atoms with Crippen LogP contribution in [0.1, 0.15) is 33.1 Å². The summed E-state index contributed by atoms with van der Waals surface area (Å²) in [5.74, 6) is -0.198. The largest absolute Gasteiger partial charge is 0.468 e. The number of methoxy groups -OCH3 is 1. The van der Waals surface area contributed by atoms with Crippen molar-refractivity contribution < 1.29 is 14.6 Å². The minimum absolute atomic E-state index is 0.198. The molecule has 1 aliphatic heterocycles. The van der Waals surface area contributed by atoms with Gasteiger partial charge in [0.2, 0.25) is 0 Å². The van der Waals surface area contributed by atoms with E-state index in [0.29, 0.717) is 6.42 Å². The van der Waals surface area contributed by atoms with Crippen molar-refractivity contribution in [1.82, 2.24) is 4.90 Å². The zero-order valence-corrected chi connectivity index (χ0v) is 9.82.